The van der Waals surface area contributed by atoms with E-state index in [1.54, 1.807) is 6.92 Å². The number of ether oxygens (including phenoxy) is 1. The Morgan fingerprint density at radius 3 is 2.50 bits per heavy atom. The first-order valence-corrected chi connectivity index (χ1v) is 2.89. The number of aliphatic hydroxyl groups is 1. The Balaban J connectivity index is 2.26. The molecule has 1 heterocycles. The second-order valence-electron chi connectivity index (χ2n) is 2.29. The third-order valence-electron chi connectivity index (χ3n) is 1.40. The van der Waals surface area contributed by atoms with E-state index in [1.165, 1.54) is 0 Å². The fourth-order valence-electron chi connectivity index (χ4n) is 0.879. The van der Waals surface area contributed by atoms with Crippen molar-refractivity contribution in [2.75, 3.05) is 6.61 Å². The van der Waals surface area contributed by atoms with Crippen molar-refractivity contribution in [2.45, 2.75) is 20.0 Å². The Bertz CT molecular complexity index is 75.8. The smallest absolute Gasteiger partial charge is 0.130 e. The van der Waals surface area contributed by atoms with Gasteiger partial charge in [0, 0.05) is 5.92 Å². The van der Waals surface area contributed by atoms with Crippen LogP contribution in [0, 0.1) is 12.0 Å². The van der Waals surface area contributed by atoms with Crippen LogP contribution in [-0.4, -0.2) is 17.8 Å². The van der Waals surface area contributed by atoms with Crippen molar-refractivity contribution in [1.82, 2.24) is 0 Å². The van der Waals surface area contributed by atoms with Crippen LogP contribution in [0.4, 0.5) is 0 Å². The zero-order valence-electron chi connectivity index (χ0n) is 5.22. The topological polar surface area (TPSA) is 29.5 Å². The highest BCUT2D eigenvalue weighted by Gasteiger charge is 2.32. The summed E-state index contributed by atoms with van der Waals surface area (Å²) in [6.45, 7) is 4.55. The molecule has 1 N–H and O–H groups in total. The van der Waals surface area contributed by atoms with Crippen molar-refractivity contribution in [3.05, 3.63) is 6.10 Å². The maximum atomic E-state index is 8.88. The Kier molecular flexibility index (Phi) is 1.54. The summed E-state index contributed by atoms with van der Waals surface area (Å²) < 4.78 is 4.97. The average molecular weight is 115 g/mol. The highest BCUT2D eigenvalue weighted by Crippen LogP contribution is 2.29. The van der Waals surface area contributed by atoms with Gasteiger partial charge in [0.05, 0.1) is 12.7 Å². The molecule has 2 unspecified atom stereocenters. The van der Waals surface area contributed by atoms with Crippen molar-refractivity contribution in [1.29, 1.82) is 0 Å². The van der Waals surface area contributed by atoms with Crippen molar-refractivity contribution in [2.24, 2.45) is 5.92 Å². The fraction of sp³-hybridized carbons (Fsp3) is 0.833. The molecule has 0 aliphatic carbocycles. The lowest BCUT2D eigenvalue weighted by Gasteiger charge is -2.34. The van der Waals surface area contributed by atoms with E-state index in [2.05, 4.69) is 0 Å². The Hall–Kier alpha value is -0.0800. The Morgan fingerprint density at radius 1 is 1.88 bits per heavy atom. The summed E-state index contributed by atoms with van der Waals surface area (Å²) in [4.78, 5) is 0. The van der Waals surface area contributed by atoms with Gasteiger partial charge in [-0.15, -0.1) is 0 Å². The van der Waals surface area contributed by atoms with Crippen LogP contribution >= 0.6 is 0 Å². The third kappa shape index (κ3) is 0.858. The Labute approximate surface area is 49.5 Å². The van der Waals surface area contributed by atoms with Gasteiger partial charge in [-0.1, -0.05) is 6.92 Å². The molecule has 1 aliphatic heterocycles. The predicted octanol–water partition coefficient (Wildman–Crippen LogP) is 0.565. The van der Waals surface area contributed by atoms with Crippen LogP contribution in [0.25, 0.3) is 0 Å². The van der Waals surface area contributed by atoms with Gasteiger partial charge in [-0.3, -0.25) is 0 Å². The first-order chi connectivity index (χ1) is 3.72. The zero-order valence-corrected chi connectivity index (χ0v) is 5.22. The summed E-state index contributed by atoms with van der Waals surface area (Å²) in [6, 6.07) is 0. The van der Waals surface area contributed by atoms with Gasteiger partial charge < -0.3 is 9.84 Å². The molecule has 0 aromatic rings. The van der Waals surface area contributed by atoms with Crippen LogP contribution in [-0.2, 0) is 4.74 Å². The molecule has 1 fully saturated rings. The lowest BCUT2D eigenvalue weighted by Crippen LogP contribution is -2.37. The van der Waals surface area contributed by atoms with E-state index in [4.69, 9.17) is 9.84 Å². The summed E-state index contributed by atoms with van der Waals surface area (Å²) in [5, 5.41) is 8.88. The summed E-state index contributed by atoms with van der Waals surface area (Å²) in [5.41, 5.74) is 0. The van der Waals surface area contributed by atoms with Crippen molar-refractivity contribution in [3.8, 4) is 0 Å². The molecule has 0 aromatic heterocycles. The molecule has 0 amide bonds. The summed E-state index contributed by atoms with van der Waals surface area (Å²) in [6.07, 6.45) is 0.462. The molecular formula is C6H11O2. The highest BCUT2D eigenvalue weighted by molar-refractivity contribution is 4.97. The molecule has 1 rings (SSSR count). The lowest BCUT2D eigenvalue weighted by molar-refractivity contribution is -0.0699. The molecule has 1 saturated heterocycles. The molecule has 2 heteroatoms. The minimum atomic E-state index is -0.376. The van der Waals surface area contributed by atoms with Gasteiger partial charge in [-0.05, 0) is 6.92 Å². The van der Waals surface area contributed by atoms with Crippen LogP contribution in [0.1, 0.15) is 13.8 Å². The van der Waals surface area contributed by atoms with Gasteiger partial charge in [-0.25, -0.2) is 0 Å². The highest BCUT2D eigenvalue weighted by atomic mass is 16.5. The largest absolute Gasteiger partial charge is 0.390 e. The zero-order chi connectivity index (χ0) is 6.15. The number of rotatable bonds is 1. The summed E-state index contributed by atoms with van der Waals surface area (Å²) in [7, 11) is 0. The van der Waals surface area contributed by atoms with Crippen LogP contribution in [0.15, 0.2) is 0 Å². The van der Waals surface area contributed by atoms with E-state index in [0.29, 0.717) is 5.92 Å². The monoisotopic (exact) mass is 115 g/mol. The minimum Gasteiger partial charge on any atom is -0.390 e. The van der Waals surface area contributed by atoms with Crippen LogP contribution in [0.3, 0.4) is 0 Å². The van der Waals surface area contributed by atoms with Crippen molar-refractivity contribution < 1.29 is 9.84 Å². The molecule has 8 heavy (non-hydrogen) atoms. The quantitative estimate of drug-likeness (QED) is 0.541. The van der Waals surface area contributed by atoms with Crippen LogP contribution < -0.4 is 0 Å². The van der Waals surface area contributed by atoms with Gasteiger partial charge in [0.2, 0.25) is 0 Å². The normalized spacial score (nSPS) is 34.1. The second kappa shape index (κ2) is 2.03. The maximum Gasteiger partial charge on any atom is 0.130 e. The predicted molar refractivity (Wildman–Crippen MR) is 30.0 cm³/mol. The lowest BCUT2D eigenvalue weighted by atomic mass is 9.96. The molecule has 0 bridgehead atoms. The minimum absolute atomic E-state index is 0.376. The average Bonchev–Trinajstić information content (AvgIpc) is 1.61. The fourth-order valence-corrected chi connectivity index (χ4v) is 0.879. The van der Waals surface area contributed by atoms with Crippen LogP contribution in [0.2, 0.25) is 0 Å². The van der Waals surface area contributed by atoms with Gasteiger partial charge in [0.1, 0.15) is 6.10 Å². The van der Waals surface area contributed by atoms with E-state index in [1.807, 2.05) is 6.92 Å². The summed E-state index contributed by atoms with van der Waals surface area (Å²) in [5.74, 6) is 0.468. The van der Waals surface area contributed by atoms with E-state index in [0.717, 1.165) is 12.7 Å². The number of aliphatic hydroxyl groups excluding tert-OH is 1. The molecule has 0 spiro atoms. The van der Waals surface area contributed by atoms with E-state index in [9.17, 15) is 0 Å². The SMILES string of the molecule is CC(O)[C]1OCC1C. The van der Waals surface area contributed by atoms with Gasteiger partial charge in [0.25, 0.3) is 0 Å². The van der Waals surface area contributed by atoms with E-state index < -0.39 is 0 Å². The molecular weight excluding hydrogens is 104 g/mol. The number of hydrogen-bond acceptors (Lipinski definition) is 2. The first-order valence-electron chi connectivity index (χ1n) is 2.89. The van der Waals surface area contributed by atoms with Gasteiger partial charge in [-0.2, -0.15) is 0 Å². The van der Waals surface area contributed by atoms with Gasteiger partial charge >= 0.3 is 0 Å². The molecule has 47 valence electrons. The maximum absolute atomic E-state index is 8.88. The first kappa shape index (κ1) is 6.05. The summed E-state index contributed by atoms with van der Waals surface area (Å²) >= 11 is 0. The molecule has 2 nitrogen and oxygen atoms in total. The molecule has 2 atom stereocenters. The standard InChI is InChI=1S/C6H11O2/c1-4-3-8-6(4)5(2)7/h4-5,7H,3H2,1-2H3. The van der Waals surface area contributed by atoms with Crippen LogP contribution in [0.5, 0.6) is 0 Å². The second-order valence-corrected chi connectivity index (χ2v) is 2.29. The van der Waals surface area contributed by atoms with Crippen molar-refractivity contribution >= 4 is 0 Å². The van der Waals surface area contributed by atoms with E-state index >= 15 is 0 Å². The molecule has 0 saturated carbocycles. The number of hydrogen-bond donors (Lipinski definition) is 1. The van der Waals surface area contributed by atoms with E-state index in [-0.39, 0.29) is 6.10 Å². The third-order valence-corrected chi connectivity index (χ3v) is 1.40. The Morgan fingerprint density at radius 2 is 2.50 bits per heavy atom. The van der Waals surface area contributed by atoms with Gasteiger partial charge in [0.15, 0.2) is 0 Å². The molecule has 1 aliphatic rings. The van der Waals surface area contributed by atoms with Crippen molar-refractivity contribution in [3.63, 3.8) is 0 Å². The molecule has 0 aromatic carbocycles. The molecule has 1 radical (unpaired) electrons.